The molecule has 0 bridgehead atoms. The number of rotatable bonds is 21. The van der Waals surface area contributed by atoms with Crippen molar-refractivity contribution in [1.82, 2.24) is 0 Å². The Morgan fingerprint density at radius 2 is 0.597 bits per heavy atom. The van der Waals surface area contributed by atoms with Gasteiger partial charge in [0.2, 0.25) is 0 Å². The van der Waals surface area contributed by atoms with Crippen molar-refractivity contribution in [2.24, 2.45) is 62.4 Å². The predicted molar refractivity (Wildman–Crippen MR) is 305 cm³/mol. The quantitative estimate of drug-likeness (QED) is 0.0934. The summed E-state index contributed by atoms with van der Waals surface area (Å²) in [5.74, 6) is 4.17. The van der Waals surface area contributed by atoms with E-state index in [1.54, 1.807) is 18.2 Å². The topological polar surface area (TPSA) is 174 Å². The molecule has 410 valence electrons. The maximum atomic E-state index is 16.9. The fraction of sp³-hybridized carbons (Fsp3) is 0.500. The van der Waals surface area contributed by atoms with Crippen molar-refractivity contribution in [2.45, 2.75) is 83.1 Å². The molecule has 3 aromatic rings. The summed E-state index contributed by atoms with van der Waals surface area (Å²) in [5, 5.41) is 0. The van der Waals surface area contributed by atoms with Crippen molar-refractivity contribution in [3.05, 3.63) is 108 Å². The first-order valence-corrected chi connectivity index (χ1v) is 28.2. The Morgan fingerprint density at radius 1 is 0.377 bits per heavy atom. The number of benzene rings is 3. The van der Waals surface area contributed by atoms with Crippen LogP contribution < -0.4 is 13.6 Å². The summed E-state index contributed by atoms with van der Waals surface area (Å²) >= 11 is 0. The smallest absolute Gasteiger partial charge is 0.478 e. The summed E-state index contributed by atoms with van der Waals surface area (Å²) in [6.07, 6.45) is 6.34. The van der Waals surface area contributed by atoms with Crippen LogP contribution in [0.1, 0.15) is 99.8 Å². The van der Waals surface area contributed by atoms with Gasteiger partial charge in [-0.25, -0.2) is 0 Å². The van der Waals surface area contributed by atoms with Crippen LogP contribution in [0.3, 0.4) is 0 Å². The Hall–Kier alpha value is -6.67. The molecule has 0 amide bonds. The zero-order chi connectivity index (χ0) is 54.9. The highest BCUT2D eigenvalue weighted by atomic mass is 31.2. The highest BCUT2D eigenvalue weighted by Gasteiger charge is 2.45. The van der Waals surface area contributed by atoms with Gasteiger partial charge in [0, 0.05) is 16.7 Å². The second-order valence-corrected chi connectivity index (χ2v) is 24.6. The molecule has 0 fully saturated rings. The molecule has 17 heteroatoms. The van der Waals surface area contributed by atoms with E-state index in [1.807, 2.05) is 54.6 Å². The maximum Gasteiger partial charge on any atom is 0.647 e. The van der Waals surface area contributed by atoms with Crippen molar-refractivity contribution in [3.8, 4) is 17.2 Å². The van der Waals surface area contributed by atoms with Crippen LogP contribution in [0.5, 0.6) is 17.2 Å². The monoisotopic (exact) mass is 1070 g/mol. The minimum Gasteiger partial charge on any atom is -0.478 e. The van der Waals surface area contributed by atoms with Gasteiger partial charge in [0.1, 0.15) is 56.9 Å². The molecule has 0 aromatic heterocycles. The van der Waals surface area contributed by atoms with Gasteiger partial charge in [-0.2, -0.15) is 4.57 Å². The van der Waals surface area contributed by atoms with E-state index in [0.29, 0.717) is 131 Å². The molecule has 0 saturated carbocycles. The first kappa shape index (κ1) is 55.1. The average Bonchev–Trinajstić information content (AvgIpc) is 4.31. The maximum absolute atomic E-state index is 16.9. The van der Waals surface area contributed by atoms with E-state index in [9.17, 15) is 0 Å². The predicted octanol–water partition coefficient (Wildman–Crippen LogP) is 12.2. The third-order valence-electron chi connectivity index (χ3n) is 14.5. The number of phosphoric ester groups is 1. The molecule has 0 aliphatic carbocycles. The molecular weight excluding hydrogens is 996 g/mol. The minimum atomic E-state index is -4.94. The number of nitrogens with zero attached hydrogens (tertiary/aromatic N) is 6. The first-order chi connectivity index (χ1) is 36.5. The van der Waals surface area contributed by atoms with Gasteiger partial charge in [0.25, 0.3) is 0 Å². The Kier molecular flexibility index (Phi) is 15.5. The Labute approximate surface area is 454 Å². The highest BCUT2D eigenvalue weighted by molar-refractivity contribution is 7.49. The lowest BCUT2D eigenvalue weighted by molar-refractivity contribution is 0.295. The standard InChI is InChI=1S/C60H75N6O10P/c1-55(2,49-61-25-31-68-49)37-43(58(7,8)52-64-28-34-71-52)40-19-13-16-22-46(40)74-77(67,75-47-23-17-14-20-41(47)44(59(9,10)53-65-29-35-72-53)38-56(3,4)50-62-26-32-69-50)76-48-24-18-15-21-42(48)45(60(11,12)54-66-30-36-73-54)39-57(5,6)51-63-27-33-70-51/h13-24,37-39H,25-36H2,1-12H3/b43-37+,44-38+,45-39+. The largest absolute Gasteiger partial charge is 0.647 e. The van der Waals surface area contributed by atoms with Crippen LogP contribution in [-0.2, 0) is 33.0 Å². The molecule has 0 N–H and O–H groups in total. The van der Waals surface area contributed by atoms with Gasteiger partial charge in [-0.3, -0.25) is 30.0 Å². The lowest BCUT2D eigenvalue weighted by atomic mass is 9.75. The third kappa shape index (κ3) is 11.6. The molecule has 0 radical (unpaired) electrons. The highest BCUT2D eigenvalue weighted by Crippen LogP contribution is 2.57. The summed E-state index contributed by atoms with van der Waals surface area (Å²) in [4.78, 5) is 28.7. The molecule has 9 rings (SSSR count). The molecule has 0 atom stereocenters. The van der Waals surface area contributed by atoms with Gasteiger partial charge in [0.15, 0.2) is 35.4 Å². The van der Waals surface area contributed by atoms with Crippen molar-refractivity contribution < 1.29 is 46.6 Å². The number of ether oxygens (including phenoxy) is 6. The fourth-order valence-electron chi connectivity index (χ4n) is 10.4. The fourth-order valence-corrected chi connectivity index (χ4v) is 11.7. The van der Waals surface area contributed by atoms with Crippen LogP contribution in [0.4, 0.5) is 0 Å². The van der Waals surface area contributed by atoms with Crippen LogP contribution >= 0.6 is 7.82 Å². The van der Waals surface area contributed by atoms with Gasteiger partial charge < -0.3 is 42.0 Å². The van der Waals surface area contributed by atoms with Crippen molar-refractivity contribution in [3.63, 3.8) is 0 Å². The van der Waals surface area contributed by atoms with Crippen molar-refractivity contribution in [2.75, 3.05) is 78.9 Å². The summed E-state index contributed by atoms with van der Waals surface area (Å²) < 4.78 is 74.9. The van der Waals surface area contributed by atoms with E-state index < -0.39 is 40.3 Å². The molecule has 0 unspecified atom stereocenters. The molecular formula is C60H75N6O10P. The molecule has 6 heterocycles. The molecule has 6 aliphatic rings. The number of aliphatic imine (C=N–C) groups is 6. The third-order valence-corrected chi connectivity index (χ3v) is 15.7. The average molecular weight is 1070 g/mol. The molecule has 3 aromatic carbocycles. The summed E-state index contributed by atoms with van der Waals surface area (Å²) in [5.41, 5.74) is -0.435. The zero-order valence-electron chi connectivity index (χ0n) is 46.9. The van der Waals surface area contributed by atoms with Crippen LogP contribution in [0.15, 0.2) is 121 Å². The van der Waals surface area contributed by atoms with E-state index >= 15 is 4.57 Å². The van der Waals surface area contributed by atoms with Gasteiger partial charge in [0.05, 0.1) is 71.8 Å². The van der Waals surface area contributed by atoms with E-state index in [-0.39, 0.29) is 17.2 Å². The zero-order valence-corrected chi connectivity index (χ0v) is 47.8. The van der Waals surface area contributed by atoms with Crippen LogP contribution in [-0.4, -0.2) is 114 Å². The van der Waals surface area contributed by atoms with Crippen LogP contribution in [0, 0.1) is 32.5 Å². The number of phosphoric acid groups is 1. The van der Waals surface area contributed by atoms with E-state index in [1.165, 1.54) is 0 Å². The number of hydrogen-bond acceptors (Lipinski definition) is 16. The van der Waals surface area contributed by atoms with Crippen molar-refractivity contribution in [1.29, 1.82) is 0 Å². The minimum absolute atomic E-state index is 0.221. The Balaban J connectivity index is 1.24. The van der Waals surface area contributed by atoms with Gasteiger partial charge in [-0.05, 0) is 118 Å². The van der Waals surface area contributed by atoms with E-state index in [2.05, 4.69) is 101 Å². The molecule has 77 heavy (non-hydrogen) atoms. The molecule has 0 saturated heterocycles. The Bertz CT molecular complexity index is 2760. The summed E-state index contributed by atoms with van der Waals surface area (Å²) in [6, 6.07) is 22.3. The van der Waals surface area contributed by atoms with Crippen molar-refractivity contribution >= 4 is 59.9 Å². The van der Waals surface area contributed by atoms with E-state index in [0.717, 1.165) is 16.7 Å². The Morgan fingerprint density at radius 3 is 0.818 bits per heavy atom. The van der Waals surface area contributed by atoms with Gasteiger partial charge in [-0.1, -0.05) is 72.8 Å². The summed E-state index contributed by atoms with van der Waals surface area (Å²) in [7, 11) is -4.94. The van der Waals surface area contributed by atoms with E-state index in [4.69, 9.17) is 71.9 Å². The number of para-hydroxylation sites is 3. The van der Waals surface area contributed by atoms with Gasteiger partial charge >= 0.3 is 7.82 Å². The first-order valence-electron chi connectivity index (χ1n) is 26.8. The van der Waals surface area contributed by atoms with Gasteiger partial charge in [-0.15, -0.1) is 0 Å². The second-order valence-electron chi connectivity index (χ2n) is 23.1. The molecule has 6 aliphatic heterocycles. The second kappa shape index (κ2) is 21.6. The molecule has 0 spiro atoms. The SMILES string of the molecule is CC(C)(/C=C(\c1ccccc1OP(=O)(Oc1ccccc1/C(=C\C(C)(C)C1=NCCO1)C(C)(C)C1=NCCO1)Oc1ccccc1/C(=C\C(C)(C)C1=NCCO1)C(C)(C)C1=NCCO1)C(C)(C)C1=NCCO1)C1=NCCO1. The summed E-state index contributed by atoms with van der Waals surface area (Å²) in [6.45, 7) is 30.8. The molecule has 16 nitrogen and oxygen atoms in total. The number of hydrogen-bond donors (Lipinski definition) is 0. The normalized spacial score (nSPS) is 18.9. The lowest BCUT2D eigenvalue weighted by Crippen LogP contribution is -2.30. The van der Waals surface area contributed by atoms with Crippen LogP contribution in [0.2, 0.25) is 0 Å². The lowest BCUT2D eigenvalue weighted by Gasteiger charge is -2.34. The van der Waals surface area contributed by atoms with Crippen LogP contribution in [0.25, 0.3) is 16.7 Å².